The van der Waals surface area contributed by atoms with Crippen molar-refractivity contribution in [1.82, 2.24) is 0 Å². The van der Waals surface area contributed by atoms with Crippen LogP contribution in [0.5, 0.6) is 0 Å². The normalized spacial score (nSPS) is 12.9. The highest BCUT2D eigenvalue weighted by atomic mass is 16.1. The second kappa shape index (κ2) is 3.70. The lowest BCUT2D eigenvalue weighted by atomic mass is 9.95. The van der Waals surface area contributed by atoms with E-state index in [1.54, 1.807) is 6.08 Å². The molecule has 0 spiro atoms. The SMILES string of the molecule is CC(C)C(=O)/C=C/C(C)(C)C. The van der Waals surface area contributed by atoms with Gasteiger partial charge in [-0.1, -0.05) is 40.7 Å². The average Bonchev–Trinajstić information content (AvgIpc) is 1.80. The van der Waals surface area contributed by atoms with Crippen molar-refractivity contribution >= 4 is 5.78 Å². The number of rotatable bonds is 2. The number of hydrogen-bond donors (Lipinski definition) is 0. The molecule has 0 bridgehead atoms. The fraction of sp³-hybridized carbons (Fsp3) is 0.700. The van der Waals surface area contributed by atoms with E-state index < -0.39 is 0 Å². The Hall–Kier alpha value is -0.590. The Balaban J connectivity index is 4.05. The molecule has 0 N–H and O–H groups in total. The maximum absolute atomic E-state index is 11.1. The topological polar surface area (TPSA) is 17.1 Å². The minimum Gasteiger partial charge on any atom is -0.295 e. The first-order chi connectivity index (χ1) is 4.83. The van der Waals surface area contributed by atoms with E-state index in [0.29, 0.717) is 0 Å². The van der Waals surface area contributed by atoms with Crippen LogP contribution >= 0.6 is 0 Å². The third-order valence-corrected chi connectivity index (χ3v) is 1.32. The molecule has 1 nitrogen and oxygen atoms in total. The Kier molecular flexibility index (Phi) is 3.50. The molecule has 0 aliphatic carbocycles. The van der Waals surface area contributed by atoms with Crippen molar-refractivity contribution in [3.05, 3.63) is 12.2 Å². The molecule has 0 amide bonds. The molecule has 0 rings (SSSR count). The van der Waals surface area contributed by atoms with Gasteiger partial charge in [0.15, 0.2) is 5.78 Å². The fourth-order valence-electron chi connectivity index (χ4n) is 0.525. The Morgan fingerprint density at radius 3 is 2.00 bits per heavy atom. The van der Waals surface area contributed by atoms with Crippen LogP contribution < -0.4 is 0 Å². The minimum atomic E-state index is 0.116. The average molecular weight is 154 g/mol. The molecule has 0 saturated heterocycles. The summed E-state index contributed by atoms with van der Waals surface area (Å²) in [7, 11) is 0. The van der Waals surface area contributed by atoms with Crippen molar-refractivity contribution in [3.63, 3.8) is 0 Å². The number of ketones is 1. The molecule has 0 unspecified atom stereocenters. The molecular formula is C10H18O. The van der Waals surface area contributed by atoms with Crippen molar-refractivity contribution in [2.45, 2.75) is 34.6 Å². The van der Waals surface area contributed by atoms with Gasteiger partial charge in [0.2, 0.25) is 0 Å². The van der Waals surface area contributed by atoms with E-state index in [4.69, 9.17) is 0 Å². The van der Waals surface area contributed by atoms with E-state index in [1.165, 1.54) is 0 Å². The lowest BCUT2D eigenvalue weighted by Gasteiger charge is -2.10. The summed E-state index contributed by atoms with van der Waals surface area (Å²) in [6.45, 7) is 10.1. The summed E-state index contributed by atoms with van der Waals surface area (Å²) >= 11 is 0. The van der Waals surface area contributed by atoms with Gasteiger partial charge in [0, 0.05) is 5.92 Å². The molecule has 0 radical (unpaired) electrons. The van der Waals surface area contributed by atoms with E-state index in [9.17, 15) is 4.79 Å². The minimum absolute atomic E-state index is 0.116. The Morgan fingerprint density at radius 1 is 1.27 bits per heavy atom. The van der Waals surface area contributed by atoms with Gasteiger partial charge in [-0.25, -0.2) is 0 Å². The monoisotopic (exact) mass is 154 g/mol. The molecular weight excluding hydrogens is 136 g/mol. The molecule has 0 aliphatic rings. The molecule has 0 aliphatic heterocycles. The van der Waals surface area contributed by atoms with Crippen molar-refractivity contribution in [1.29, 1.82) is 0 Å². The van der Waals surface area contributed by atoms with Gasteiger partial charge in [-0.15, -0.1) is 0 Å². The molecule has 0 heterocycles. The van der Waals surface area contributed by atoms with Gasteiger partial charge in [-0.3, -0.25) is 4.79 Å². The maximum Gasteiger partial charge on any atom is 0.157 e. The lowest BCUT2D eigenvalue weighted by Crippen LogP contribution is -2.05. The number of carbonyl (C=O) groups excluding carboxylic acids is 1. The van der Waals surface area contributed by atoms with E-state index in [2.05, 4.69) is 20.8 Å². The van der Waals surface area contributed by atoms with Crippen LogP contribution in [0.4, 0.5) is 0 Å². The van der Waals surface area contributed by atoms with E-state index >= 15 is 0 Å². The van der Waals surface area contributed by atoms with Gasteiger partial charge in [-0.2, -0.15) is 0 Å². The largest absolute Gasteiger partial charge is 0.295 e. The highest BCUT2D eigenvalue weighted by molar-refractivity contribution is 5.91. The first-order valence-corrected chi connectivity index (χ1v) is 4.06. The smallest absolute Gasteiger partial charge is 0.157 e. The molecule has 1 heteroatoms. The summed E-state index contributed by atoms with van der Waals surface area (Å²) in [6, 6.07) is 0. The summed E-state index contributed by atoms with van der Waals surface area (Å²) in [4.78, 5) is 11.1. The number of carbonyl (C=O) groups is 1. The standard InChI is InChI=1S/C10H18O/c1-8(2)9(11)6-7-10(3,4)5/h6-8H,1-5H3/b7-6+. The molecule has 0 fully saturated rings. The van der Waals surface area contributed by atoms with Crippen molar-refractivity contribution in [2.75, 3.05) is 0 Å². The highest BCUT2D eigenvalue weighted by Gasteiger charge is 2.07. The lowest BCUT2D eigenvalue weighted by molar-refractivity contribution is -0.117. The maximum atomic E-state index is 11.1. The van der Waals surface area contributed by atoms with Gasteiger partial charge in [0.25, 0.3) is 0 Å². The molecule has 0 saturated carbocycles. The highest BCUT2D eigenvalue weighted by Crippen LogP contribution is 2.14. The van der Waals surface area contributed by atoms with Crippen molar-refractivity contribution in [2.24, 2.45) is 11.3 Å². The van der Waals surface area contributed by atoms with Gasteiger partial charge in [0.1, 0.15) is 0 Å². The number of hydrogen-bond acceptors (Lipinski definition) is 1. The zero-order valence-electron chi connectivity index (χ0n) is 8.14. The second-order valence-electron chi connectivity index (χ2n) is 4.26. The fourth-order valence-corrected chi connectivity index (χ4v) is 0.525. The third-order valence-electron chi connectivity index (χ3n) is 1.32. The first-order valence-electron chi connectivity index (χ1n) is 4.06. The molecule has 0 atom stereocenters. The van der Waals surface area contributed by atoms with Gasteiger partial charge in [-0.05, 0) is 11.5 Å². The molecule has 11 heavy (non-hydrogen) atoms. The van der Waals surface area contributed by atoms with Crippen LogP contribution in [0.15, 0.2) is 12.2 Å². The van der Waals surface area contributed by atoms with Crippen LogP contribution in [0, 0.1) is 11.3 Å². The van der Waals surface area contributed by atoms with Crippen LogP contribution in [0.1, 0.15) is 34.6 Å². The number of allylic oxidation sites excluding steroid dienone is 2. The molecule has 0 aromatic carbocycles. The second-order valence-corrected chi connectivity index (χ2v) is 4.26. The molecule has 64 valence electrons. The molecule has 0 aromatic heterocycles. The summed E-state index contributed by atoms with van der Waals surface area (Å²) in [5.41, 5.74) is 0.116. The summed E-state index contributed by atoms with van der Waals surface area (Å²) < 4.78 is 0. The van der Waals surface area contributed by atoms with E-state index in [0.717, 1.165) is 0 Å². The van der Waals surface area contributed by atoms with Crippen LogP contribution in [0.25, 0.3) is 0 Å². The summed E-state index contributed by atoms with van der Waals surface area (Å²) in [5.74, 6) is 0.327. The predicted octanol–water partition coefficient (Wildman–Crippen LogP) is 2.81. The third kappa shape index (κ3) is 5.84. The van der Waals surface area contributed by atoms with Gasteiger partial charge >= 0.3 is 0 Å². The Labute approximate surface area is 69.5 Å². The van der Waals surface area contributed by atoms with Crippen LogP contribution in [-0.4, -0.2) is 5.78 Å². The van der Waals surface area contributed by atoms with Crippen molar-refractivity contribution < 1.29 is 4.79 Å². The summed E-state index contributed by atoms with van der Waals surface area (Å²) in [5, 5.41) is 0. The predicted molar refractivity (Wildman–Crippen MR) is 48.4 cm³/mol. The Morgan fingerprint density at radius 2 is 1.73 bits per heavy atom. The zero-order chi connectivity index (χ0) is 9.07. The van der Waals surface area contributed by atoms with Gasteiger partial charge < -0.3 is 0 Å². The zero-order valence-corrected chi connectivity index (χ0v) is 8.14. The van der Waals surface area contributed by atoms with E-state index in [-0.39, 0.29) is 17.1 Å². The van der Waals surface area contributed by atoms with Crippen LogP contribution in [-0.2, 0) is 4.79 Å². The van der Waals surface area contributed by atoms with Crippen LogP contribution in [0.3, 0.4) is 0 Å². The van der Waals surface area contributed by atoms with E-state index in [1.807, 2.05) is 19.9 Å². The van der Waals surface area contributed by atoms with Crippen LogP contribution in [0.2, 0.25) is 0 Å². The first kappa shape index (κ1) is 10.4. The molecule has 0 aromatic rings. The summed E-state index contributed by atoms with van der Waals surface area (Å²) in [6.07, 6.45) is 3.64. The van der Waals surface area contributed by atoms with Crippen molar-refractivity contribution in [3.8, 4) is 0 Å². The van der Waals surface area contributed by atoms with Gasteiger partial charge in [0.05, 0.1) is 0 Å². The Bertz CT molecular complexity index is 158. The quantitative estimate of drug-likeness (QED) is 0.559.